The van der Waals surface area contributed by atoms with Crippen molar-refractivity contribution in [1.82, 2.24) is 0 Å². The number of benzene rings is 1. The van der Waals surface area contributed by atoms with Crippen LogP contribution in [0, 0.1) is 0 Å². The number of ether oxygens (including phenoxy) is 1. The fraction of sp³-hybridized carbons (Fsp3) is 0.538. The van der Waals surface area contributed by atoms with Gasteiger partial charge in [-0.05, 0) is 71.2 Å². The second kappa shape index (κ2) is 6.21. The van der Waals surface area contributed by atoms with Crippen molar-refractivity contribution in [1.29, 1.82) is 0 Å². The third-order valence-electron chi connectivity index (χ3n) is 2.70. The first-order chi connectivity index (χ1) is 7.85. The molecule has 1 N–H and O–H groups in total. The van der Waals surface area contributed by atoms with Crippen LogP contribution in [0.5, 0.6) is 0 Å². The van der Waals surface area contributed by atoms with Crippen molar-refractivity contribution >= 4 is 37.5 Å². The summed E-state index contributed by atoms with van der Waals surface area (Å²) in [5, 5.41) is 3.50. The molecule has 0 fully saturated rings. The highest BCUT2D eigenvalue weighted by Gasteiger charge is 2.20. The standard InChI is InChI=1S/C13H19Br2NO/c1-9(8-13(2,3)17-4)16-12-10(14)6-5-7-11(12)15/h5-7,9,16H,8H2,1-4H3. The minimum Gasteiger partial charge on any atom is -0.381 e. The van der Waals surface area contributed by atoms with Crippen molar-refractivity contribution in [2.45, 2.75) is 38.8 Å². The molecular weight excluding hydrogens is 346 g/mol. The lowest BCUT2D eigenvalue weighted by Gasteiger charge is -2.28. The number of para-hydroxylation sites is 1. The van der Waals surface area contributed by atoms with E-state index in [1.165, 1.54) is 0 Å². The third-order valence-corrected chi connectivity index (χ3v) is 4.03. The van der Waals surface area contributed by atoms with Gasteiger partial charge < -0.3 is 10.1 Å². The number of methoxy groups -OCH3 is 1. The van der Waals surface area contributed by atoms with Gasteiger partial charge in [-0.15, -0.1) is 0 Å². The quantitative estimate of drug-likeness (QED) is 0.808. The molecule has 1 unspecified atom stereocenters. The van der Waals surface area contributed by atoms with Crippen molar-refractivity contribution in [3.05, 3.63) is 27.1 Å². The summed E-state index contributed by atoms with van der Waals surface area (Å²) in [6, 6.07) is 6.39. The SMILES string of the molecule is COC(C)(C)CC(C)Nc1c(Br)cccc1Br. The van der Waals surface area contributed by atoms with Gasteiger partial charge in [0.1, 0.15) is 0 Å². The van der Waals surface area contributed by atoms with E-state index in [-0.39, 0.29) is 5.60 Å². The smallest absolute Gasteiger partial charge is 0.0642 e. The Morgan fingerprint density at radius 1 is 1.29 bits per heavy atom. The molecule has 0 radical (unpaired) electrons. The van der Waals surface area contributed by atoms with Crippen molar-refractivity contribution in [2.75, 3.05) is 12.4 Å². The van der Waals surface area contributed by atoms with Crippen molar-refractivity contribution in [3.8, 4) is 0 Å². The zero-order valence-corrected chi connectivity index (χ0v) is 13.9. The lowest BCUT2D eigenvalue weighted by molar-refractivity contribution is 0.0128. The molecule has 0 bridgehead atoms. The molecule has 0 aliphatic rings. The maximum Gasteiger partial charge on any atom is 0.0642 e. The molecule has 96 valence electrons. The Hall–Kier alpha value is -0.0600. The zero-order chi connectivity index (χ0) is 13.1. The molecule has 1 aromatic carbocycles. The summed E-state index contributed by atoms with van der Waals surface area (Å²) in [5.74, 6) is 0. The van der Waals surface area contributed by atoms with Crippen LogP contribution in [0.25, 0.3) is 0 Å². The summed E-state index contributed by atoms with van der Waals surface area (Å²) in [6.07, 6.45) is 0.942. The predicted molar refractivity (Wildman–Crippen MR) is 80.6 cm³/mol. The van der Waals surface area contributed by atoms with Crippen LogP contribution in [0.1, 0.15) is 27.2 Å². The third kappa shape index (κ3) is 4.60. The predicted octanol–water partition coefficient (Wildman–Crippen LogP) is 4.83. The van der Waals surface area contributed by atoms with E-state index in [1.54, 1.807) is 7.11 Å². The lowest BCUT2D eigenvalue weighted by Crippen LogP contribution is -2.31. The zero-order valence-electron chi connectivity index (χ0n) is 10.7. The summed E-state index contributed by atoms with van der Waals surface area (Å²) in [5.41, 5.74) is 0.979. The number of hydrogen-bond donors (Lipinski definition) is 1. The van der Waals surface area contributed by atoms with Crippen molar-refractivity contribution < 1.29 is 4.74 Å². The van der Waals surface area contributed by atoms with Crippen LogP contribution in [0.3, 0.4) is 0 Å². The maximum absolute atomic E-state index is 5.44. The summed E-state index contributed by atoms with van der Waals surface area (Å²) in [4.78, 5) is 0. The molecule has 2 nitrogen and oxygen atoms in total. The molecule has 1 aromatic rings. The average molecular weight is 365 g/mol. The summed E-state index contributed by atoms with van der Waals surface area (Å²) < 4.78 is 7.57. The minimum atomic E-state index is -0.111. The second-order valence-corrected chi connectivity index (χ2v) is 6.52. The Kier molecular flexibility index (Phi) is 5.48. The van der Waals surface area contributed by atoms with Crippen LogP contribution in [0.2, 0.25) is 0 Å². The normalized spacial score (nSPS) is 13.5. The largest absolute Gasteiger partial charge is 0.381 e. The molecule has 4 heteroatoms. The molecule has 1 rings (SSSR count). The molecule has 0 saturated heterocycles. The maximum atomic E-state index is 5.44. The van der Waals surface area contributed by atoms with Gasteiger partial charge in [0.25, 0.3) is 0 Å². The van der Waals surface area contributed by atoms with E-state index >= 15 is 0 Å². The molecule has 0 saturated carbocycles. The van der Waals surface area contributed by atoms with E-state index in [1.807, 2.05) is 18.2 Å². The number of nitrogens with one attached hydrogen (secondary N) is 1. The van der Waals surface area contributed by atoms with E-state index in [2.05, 4.69) is 57.9 Å². The van der Waals surface area contributed by atoms with Gasteiger partial charge in [0.05, 0.1) is 11.3 Å². The van der Waals surface area contributed by atoms with Gasteiger partial charge in [0.15, 0.2) is 0 Å². The van der Waals surface area contributed by atoms with E-state index in [0.717, 1.165) is 21.1 Å². The Bertz CT molecular complexity index is 359. The Morgan fingerprint density at radius 3 is 2.29 bits per heavy atom. The fourth-order valence-corrected chi connectivity index (χ4v) is 2.98. The summed E-state index contributed by atoms with van der Waals surface area (Å²) in [7, 11) is 1.75. The average Bonchev–Trinajstić information content (AvgIpc) is 2.23. The van der Waals surface area contributed by atoms with Crippen LogP contribution in [0.4, 0.5) is 5.69 Å². The first-order valence-corrected chi connectivity index (χ1v) is 7.20. The van der Waals surface area contributed by atoms with Crippen LogP contribution in [-0.2, 0) is 4.74 Å². The molecule has 1 atom stereocenters. The van der Waals surface area contributed by atoms with Crippen LogP contribution >= 0.6 is 31.9 Å². The molecule has 0 aromatic heterocycles. The summed E-state index contributed by atoms with van der Waals surface area (Å²) >= 11 is 7.10. The molecule has 17 heavy (non-hydrogen) atoms. The van der Waals surface area contributed by atoms with Crippen LogP contribution < -0.4 is 5.32 Å². The molecule has 0 aliphatic heterocycles. The number of rotatable bonds is 5. The van der Waals surface area contributed by atoms with Gasteiger partial charge >= 0.3 is 0 Å². The van der Waals surface area contributed by atoms with E-state index in [9.17, 15) is 0 Å². The Labute approximate surface area is 120 Å². The number of hydrogen-bond acceptors (Lipinski definition) is 2. The molecule has 0 heterocycles. The fourth-order valence-electron chi connectivity index (χ4n) is 1.75. The van der Waals surface area contributed by atoms with Gasteiger partial charge in [0.2, 0.25) is 0 Å². The molecule has 0 aliphatic carbocycles. The van der Waals surface area contributed by atoms with E-state index in [0.29, 0.717) is 6.04 Å². The Balaban J connectivity index is 2.72. The van der Waals surface area contributed by atoms with Gasteiger partial charge in [-0.2, -0.15) is 0 Å². The van der Waals surface area contributed by atoms with Gasteiger partial charge in [0, 0.05) is 22.1 Å². The van der Waals surface area contributed by atoms with E-state index < -0.39 is 0 Å². The molecule has 0 spiro atoms. The second-order valence-electron chi connectivity index (χ2n) is 4.81. The van der Waals surface area contributed by atoms with Crippen LogP contribution in [0.15, 0.2) is 27.1 Å². The minimum absolute atomic E-state index is 0.111. The lowest BCUT2D eigenvalue weighted by atomic mass is 10.00. The number of halogens is 2. The highest BCUT2D eigenvalue weighted by Crippen LogP contribution is 2.32. The monoisotopic (exact) mass is 363 g/mol. The summed E-state index contributed by atoms with van der Waals surface area (Å²) in [6.45, 7) is 6.35. The molecule has 0 amide bonds. The first kappa shape index (κ1) is 15.0. The van der Waals surface area contributed by atoms with Gasteiger partial charge in [-0.25, -0.2) is 0 Å². The van der Waals surface area contributed by atoms with Gasteiger partial charge in [-0.3, -0.25) is 0 Å². The highest BCUT2D eigenvalue weighted by atomic mass is 79.9. The van der Waals surface area contributed by atoms with Crippen molar-refractivity contribution in [3.63, 3.8) is 0 Å². The van der Waals surface area contributed by atoms with Gasteiger partial charge in [-0.1, -0.05) is 6.07 Å². The van der Waals surface area contributed by atoms with Crippen molar-refractivity contribution in [2.24, 2.45) is 0 Å². The number of anilines is 1. The molecular formula is C13H19Br2NO. The van der Waals surface area contributed by atoms with E-state index in [4.69, 9.17) is 4.74 Å². The first-order valence-electron chi connectivity index (χ1n) is 5.61. The topological polar surface area (TPSA) is 21.3 Å². The Morgan fingerprint density at radius 2 is 1.82 bits per heavy atom. The van der Waals surface area contributed by atoms with Crippen LogP contribution in [-0.4, -0.2) is 18.8 Å². The highest BCUT2D eigenvalue weighted by molar-refractivity contribution is 9.11.